The summed E-state index contributed by atoms with van der Waals surface area (Å²) in [4.78, 5) is 4.05. The van der Waals surface area contributed by atoms with Gasteiger partial charge in [-0.15, -0.1) is 0 Å². The molecule has 0 radical (unpaired) electrons. The second kappa shape index (κ2) is 4.84. The zero-order chi connectivity index (χ0) is 9.68. The third-order valence-electron chi connectivity index (χ3n) is 1.40. The van der Waals surface area contributed by atoms with Crippen molar-refractivity contribution < 1.29 is 4.74 Å². The van der Waals surface area contributed by atoms with Crippen LogP contribution in [0.15, 0.2) is 29.9 Å². The molecule has 0 aliphatic carbocycles. The molecule has 0 fully saturated rings. The van der Waals surface area contributed by atoms with Gasteiger partial charge in [0.1, 0.15) is 12.4 Å². The van der Waals surface area contributed by atoms with Gasteiger partial charge in [-0.1, -0.05) is 18.2 Å². The standard InChI is InChI=1S/C9H11ClN2O/c1-7(10)6-13-9-3-2-8(4-11)12-5-9/h2-3,5H,1,4,6,11H2. The molecule has 0 aromatic carbocycles. The van der Waals surface area contributed by atoms with Crippen molar-refractivity contribution in [1.82, 2.24) is 4.98 Å². The molecule has 1 rings (SSSR count). The molecule has 13 heavy (non-hydrogen) atoms. The highest BCUT2D eigenvalue weighted by atomic mass is 35.5. The Morgan fingerprint density at radius 2 is 2.38 bits per heavy atom. The third kappa shape index (κ3) is 3.44. The summed E-state index contributed by atoms with van der Waals surface area (Å²) in [6, 6.07) is 3.61. The number of hydrogen-bond donors (Lipinski definition) is 1. The Bertz CT molecular complexity index is 284. The van der Waals surface area contributed by atoms with Gasteiger partial charge in [-0.3, -0.25) is 4.98 Å². The van der Waals surface area contributed by atoms with Crippen LogP contribution in [-0.4, -0.2) is 11.6 Å². The molecule has 2 N–H and O–H groups in total. The number of rotatable bonds is 4. The van der Waals surface area contributed by atoms with Crippen molar-refractivity contribution in [3.05, 3.63) is 35.6 Å². The molecule has 3 nitrogen and oxygen atoms in total. The molecule has 0 aliphatic heterocycles. The predicted molar refractivity (Wildman–Crippen MR) is 52.6 cm³/mol. The van der Waals surface area contributed by atoms with Gasteiger partial charge in [0.2, 0.25) is 0 Å². The highest BCUT2D eigenvalue weighted by molar-refractivity contribution is 6.29. The minimum Gasteiger partial charge on any atom is -0.486 e. The summed E-state index contributed by atoms with van der Waals surface area (Å²) < 4.78 is 5.23. The first kappa shape index (κ1) is 10.0. The maximum atomic E-state index is 5.53. The lowest BCUT2D eigenvalue weighted by Gasteiger charge is -2.04. The maximum Gasteiger partial charge on any atom is 0.138 e. The Kier molecular flexibility index (Phi) is 3.73. The van der Waals surface area contributed by atoms with E-state index in [0.29, 0.717) is 23.9 Å². The minimum atomic E-state index is 0.297. The fraction of sp³-hybridized carbons (Fsp3) is 0.222. The molecule has 1 aromatic heterocycles. The summed E-state index contributed by atoms with van der Waals surface area (Å²) in [5, 5.41) is 0.461. The van der Waals surface area contributed by atoms with Gasteiger partial charge in [0.05, 0.1) is 11.9 Å². The van der Waals surface area contributed by atoms with Gasteiger partial charge in [-0.2, -0.15) is 0 Å². The van der Waals surface area contributed by atoms with Crippen molar-refractivity contribution in [3.8, 4) is 5.75 Å². The fourth-order valence-corrected chi connectivity index (χ4v) is 0.833. The van der Waals surface area contributed by atoms with Crippen molar-refractivity contribution in [2.24, 2.45) is 5.73 Å². The minimum absolute atomic E-state index is 0.297. The lowest BCUT2D eigenvalue weighted by molar-refractivity contribution is 0.358. The molecule has 0 saturated carbocycles. The second-order valence-electron chi connectivity index (χ2n) is 2.50. The number of nitrogens with two attached hydrogens (primary N) is 1. The van der Waals surface area contributed by atoms with Crippen LogP contribution in [0.25, 0.3) is 0 Å². The second-order valence-corrected chi connectivity index (χ2v) is 3.03. The lowest BCUT2D eigenvalue weighted by Crippen LogP contribution is -2.00. The van der Waals surface area contributed by atoms with E-state index in [2.05, 4.69) is 11.6 Å². The molecule has 0 atom stereocenters. The molecule has 0 bridgehead atoms. The van der Waals surface area contributed by atoms with Crippen LogP contribution in [0.2, 0.25) is 0 Å². The molecular formula is C9H11ClN2O. The topological polar surface area (TPSA) is 48.1 Å². The zero-order valence-electron chi connectivity index (χ0n) is 7.16. The van der Waals surface area contributed by atoms with Crippen LogP contribution in [0.3, 0.4) is 0 Å². The van der Waals surface area contributed by atoms with Gasteiger partial charge in [0, 0.05) is 11.6 Å². The summed E-state index contributed by atoms with van der Waals surface area (Å²) in [5.74, 6) is 0.666. The van der Waals surface area contributed by atoms with E-state index >= 15 is 0 Å². The molecular weight excluding hydrogens is 188 g/mol. The number of ether oxygens (including phenoxy) is 1. The van der Waals surface area contributed by atoms with Crippen molar-refractivity contribution in [1.29, 1.82) is 0 Å². The van der Waals surface area contributed by atoms with Crippen LogP contribution in [-0.2, 0) is 6.54 Å². The van der Waals surface area contributed by atoms with Gasteiger partial charge in [0.25, 0.3) is 0 Å². The van der Waals surface area contributed by atoms with Crippen LogP contribution in [0.1, 0.15) is 5.69 Å². The van der Waals surface area contributed by atoms with Crippen LogP contribution in [0, 0.1) is 0 Å². The van der Waals surface area contributed by atoms with Crippen molar-refractivity contribution >= 4 is 11.6 Å². The van der Waals surface area contributed by atoms with Crippen molar-refractivity contribution in [3.63, 3.8) is 0 Å². The number of halogens is 1. The molecule has 0 saturated heterocycles. The number of hydrogen-bond acceptors (Lipinski definition) is 3. The smallest absolute Gasteiger partial charge is 0.138 e. The fourth-order valence-electron chi connectivity index (χ4n) is 0.779. The Balaban J connectivity index is 2.54. The van der Waals surface area contributed by atoms with Gasteiger partial charge < -0.3 is 10.5 Å². The van der Waals surface area contributed by atoms with E-state index in [1.807, 2.05) is 6.07 Å². The van der Waals surface area contributed by atoms with E-state index in [1.165, 1.54) is 0 Å². The van der Waals surface area contributed by atoms with E-state index in [9.17, 15) is 0 Å². The van der Waals surface area contributed by atoms with E-state index < -0.39 is 0 Å². The third-order valence-corrected chi connectivity index (χ3v) is 1.51. The summed E-state index contributed by atoms with van der Waals surface area (Å²) in [5.41, 5.74) is 6.21. The lowest BCUT2D eigenvalue weighted by atomic mass is 10.3. The van der Waals surface area contributed by atoms with Crippen molar-refractivity contribution in [2.45, 2.75) is 6.54 Å². The highest BCUT2D eigenvalue weighted by Crippen LogP contribution is 2.10. The molecule has 0 aliphatic rings. The number of aromatic nitrogens is 1. The van der Waals surface area contributed by atoms with Crippen LogP contribution < -0.4 is 10.5 Å². The quantitative estimate of drug-likeness (QED) is 0.801. The van der Waals surface area contributed by atoms with E-state index in [4.69, 9.17) is 22.1 Å². The number of nitrogens with zero attached hydrogens (tertiary/aromatic N) is 1. The average molecular weight is 199 g/mol. The average Bonchev–Trinajstić information content (AvgIpc) is 2.15. The maximum absolute atomic E-state index is 5.53. The SMILES string of the molecule is C=C(Cl)COc1ccc(CN)nc1. The van der Waals surface area contributed by atoms with Gasteiger partial charge >= 0.3 is 0 Å². The van der Waals surface area contributed by atoms with E-state index in [-0.39, 0.29) is 0 Å². The zero-order valence-corrected chi connectivity index (χ0v) is 7.92. The normalized spacial score (nSPS) is 9.69. The molecule has 4 heteroatoms. The Hall–Kier alpha value is -1.06. The molecule has 0 spiro atoms. The molecule has 1 aromatic rings. The van der Waals surface area contributed by atoms with Crippen molar-refractivity contribution in [2.75, 3.05) is 6.61 Å². The highest BCUT2D eigenvalue weighted by Gasteiger charge is 1.95. The first-order chi connectivity index (χ1) is 6.22. The van der Waals surface area contributed by atoms with Gasteiger partial charge in [0.15, 0.2) is 0 Å². The van der Waals surface area contributed by atoms with Gasteiger partial charge in [-0.05, 0) is 12.1 Å². The summed E-state index contributed by atoms with van der Waals surface area (Å²) >= 11 is 5.53. The summed E-state index contributed by atoms with van der Waals surface area (Å²) in [6.07, 6.45) is 1.61. The summed E-state index contributed by atoms with van der Waals surface area (Å²) in [6.45, 7) is 4.23. The first-order valence-electron chi connectivity index (χ1n) is 3.83. The summed E-state index contributed by atoms with van der Waals surface area (Å²) in [7, 11) is 0. The Morgan fingerprint density at radius 3 is 2.85 bits per heavy atom. The van der Waals surface area contributed by atoms with E-state index in [0.717, 1.165) is 5.69 Å². The number of pyridine rings is 1. The van der Waals surface area contributed by atoms with Crippen LogP contribution in [0.4, 0.5) is 0 Å². The predicted octanol–water partition coefficient (Wildman–Crippen LogP) is 1.67. The van der Waals surface area contributed by atoms with Gasteiger partial charge in [-0.25, -0.2) is 0 Å². The van der Waals surface area contributed by atoms with Crippen LogP contribution >= 0.6 is 11.6 Å². The molecule has 70 valence electrons. The largest absolute Gasteiger partial charge is 0.486 e. The molecule has 0 amide bonds. The molecule has 0 unspecified atom stereocenters. The monoisotopic (exact) mass is 198 g/mol. The Labute approximate surface area is 82.2 Å². The van der Waals surface area contributed by atoms with E-state index in [1.54, 1.807) is 12.3 Å². The first-order valence-corrected chi connectivity index (χ1v) is 4.21. The van der Waals surface area contributed by atoms with Crippen LogP contribution in [0.5, 0.6) is 5.75 Å². The Morgan fingerprint density at radius 1 is 1.62 bits per heavy atom. The molecule has 1 heterocycles.